The Morgan fingerprint density at radius 2 is 1.65 bits per heavy atom. The Balaban J connectivity index is 1.97. The van der Waals surface area contributed by atoms with Gasteiger partial charge < -0.3 is 10.6 Å². The molecule has 2 rings (SSSR count). The first-order chi connectivity index (χ1) is 10.9. The first kappa shape index (κ1) is 16.7. The van der Waals surface area contributed by atoms with Crippen molar-refractivity contribution < 1.29 is 14.0 Å². The van der Waals surface area contributed by atoms with E-state index in [1.807, 2.05) is 0 Å². The summed E-state index contributed by atoms with van der Waals surface area (Å²) in [7, 11) is 0. The lowest BCUT2D eigenvalue weighted by molar-refractivity contribution is -0.114. The molecule has 0 saturated carbocycles. The van der Waals surface area contributed by atoms with Crippen LogP contribution < -0.4 is 10.6 Å². The molecule has 0 saturated heterocycles. The Labute approximate surface area is 138 Å². The summed E-state index contributed by atoms with van der Waals surface area (Å²) < 4.78 is 13.0. The van der Waals surface area contributed by atoms with Crippen LogP contribution in [0.4, 0.5) is 15.8 Å². The van der Waals surface area contributed by atoms with Crippen LogP contribution in [0.15, 0.2) is 48.5 Å². The zero-order valence-corrected chi connectivity index (χ0v) is 13.0. The number of carbonyl (C=O) groups excluding carboxylic acids is 2. The van der Waals surface area contributed by atoms with Gasteiger partial charge in [0.15, 0.2) is 0 Å². The van der Waals surface area contributed by atoms with E-state index in [0.717, 1.165) is 0 Å². The second-order valence-corrected chi connectivity index (χ2v) is 5.16. The molecule has 0 radical (unpaired) electrons. The molecule has 118 valence electrons. The first-order valence-corrected chi connectivity index (χ1v) is 7.13. The van der Waals surface area contributed by atoms with Crippen LogP contribution in [-0.4, -0.2) is 11.8 Å². The van der Waals surface area contributed by atoms with E-state index in [0.29, 0.717) is 16.9 Å². The van der Waals surface area contributed by atoms with Crippen molar-refractivity contribution in [3.8, 4) is 0 Å². The number of benzene rings is 2. The lowest BCUT2D eigenvalue weighted by Crippen LogP contribution is -2.08. The van der Waals surface area contributed by atoms with Gasteiger partial charge in [-0.15, -0.1) is 0 Å². The third-order valence-corrected chi connectivity index (χ3v) is 3.13. The van der Waals surface area contributed by atoms with Crippen LogP contribution in [0.2, 0.25) is 5.02 Å². The highest BCUT2D eigenvalue weighted by Crippen LogP contribution is 2.17. The molecule has 0 aromatic heterocycles. The lowest BCUT2D eigenvalue weighted by Gasteiger charge is -2.05. The van der Waals surface area contributed by atoms with Gasteiger partial charge in [-0.25, -0.2) is 4.39 Å². The van der Waals surface area contributed by atoms with Crippen molar-refractivity contribution in [2.24, 2.45) is 0 Å². The predicted octanol–water partition coefficient (Wildman–Crippen LogP) is 4.09. The molecular formula is C17H14ClFN2O2. The highest BCUT2D eigenvalue weighted by molar-refractivity contribution is 6.30. The fourth-order valence-corrected chi connectivity index (χ4v) is 2.00. The van der Waals surface area contributed by atoms with Crippen molar-refractivity contribution in [2.45, 2.75) is 6.92 Å². The maximum Gasteiger partial charge on any atom is 0.248 e. The molecule has 0 fully saturated rings. The van der Waals surface area contributed by atoms with Gasteiger partial charge >= 0.3 is 0 Å². The van der Waals surface area contributed by atoms with Gasteiger partial charge in [0, 0.05) is 24.4 Å². The van der Waals surface area contributed by atoms with Crippen LogP contribution in [0, 0.1) is 5.82 Å². The van der Waals surface area contributed by atoms with E-state index in [1.165, 1.54) is 37.3 Å². The predicted molar refractivity (Wildman–Crippen MR) is 89.8 cm³/mol. The molecule has 0 heterocycles. The van der Waals surface area contributed by atoms with E-state index in [-0.39, 0.29) is 16.8 Å². The summed E-state index contributed by atoms with van der Waals surface area (Å²) in [5.41, 5.74) is 1.85. The number of rotatable bonds is 4. The van der Waals surface area contributed by atoms with Gasteiger partial charge in [-0.1, -0.05) is 17.7 Å². The third kappa shape index (κ3) is 5.23. The van der Waals surface area contributed by atoms with Crippen molar-refractivity contribution >= 4 is 40.9 Å². The van der Waals surface area contributed by atoms with Gasteiger partial charge in [0.1, 0.15) is 5.82 Å². The molecule has 0 aliphatic heterocycles. The zero-order valence-electron chi connectivity index (χ0n) is 12.3. The van der Waals surface area contributed by atoms with Crippen LogP contribution in [-0.2, 0) is 9.59 Å². The number of anilines is 2. The average Bonchev–Trinajstić information content (AvgIpc) is 2.50. The molecule has 0 atom stereocenters. The monoisotopic (exact) mass is 332 g/mol. The Kier molecular flexibility index (Phi) is 5.49. The number of carbonyl (C=O) groups is 2. The normalized spacial score (nSPS) is 10.6. The van der Waals surface area contributed by atoms with E-state index < -0.39 is 5.82 Å². The van der Waals surface area contributed by atoms with Gasteiger partial charge in [0.05, 0.1) is 5.02 Å². The average molecular weight is 333 g/mol. The second-order valence-electron chi connectivity index (χ2n) is 4.75. The highest BCUT2D eigenvalue weighted by Gasteiger charge is 2.01. The van der Waals surface area contributed by atoms with E-state index in [4.69, 9.17) is 11.6 Å². The lowest BCUT2D eigenvalue weighted by atomic mass is 10.2. The van der Waals surface area contributed by atoms with Crippen molar-refractivity contribution in [1.29, 1.82) is 0 Å². The maximum atomic E-state index is 13.0. The van der Waals surface area contributed by atoms with Crippen LogP contribution in [0.3, 0.4) is 0 Å². The maximum absolute atomic E-state index is 13.0. The van der Waals surface area contributed by atoms with Gasteiger partial charge in [-0.05, 0) is 48.0 Å². The van der Waals surface area contributed by atoms with Crippen LogP contribution in [0.1, 0.15) is 12.5 Å². The van der Waals surface area contributed by atoms with E-state index in [1.54, 1.807) is 24.3 Å². The first-order valence-electron chi connectivity index (χ1n) is 6.76. The fourth-order valence-electron chi connectivity index (χ4n) is 1.81. The molecule has 0 aliphatic rings. The molecule has 2 N–H and O–H groups in total. The minimum Gasteiger partial charge on any atom is -0.326 e. The van der Waals surface area contributed by atoms with Gasteiger partial charge in [-0.3, -0.25) is 9.59 Å². The fraction of sp³-hybridized carbons (Fsp3) is 0.0588. The van der Waals surface area contributed by atoms with Crippen LogP contribution >= 0.6 is 11.6 Å². The molecule has 0 bridgehead atoms. The Morgan fingerprint density at radius 3 is 2.22 bits per heavy atom. The minimum absolute atomic E-state index is 0.00104. The van der Waals surface area contributed by atoms with Gasteiger partial charge in [0.25, 0.3) is 0 Å². The minimum atomic E-state index is -0.507. The molecule has 2 aromatic rings. The Hall–Kier alpha value is -2.66. The second kappa shape index (κ2) is 7.56. The van der Waals surface area contributed by atoms with Crippen molar-refractivity contribution in [2.75, 3.05) is 10.6 Å². The highest BCUT2D eigenvalue weighted by atomic mass is 35.5. The summed E-state index contributed by atoms with van der Waals surface area (Å²) in [5.74, 6) is -1.01. The molecule has 2 aromatic carbocycles. The topological polar surface area (TPSA) is 58.2 Å². The van der Waals surface area contributed by atoms with Crippen LogP contribution in [0.5, 0.6) is 0 Å². The summed E-state index contributed by atoms with van der Waals surface area (Å²) in [4.78, 5) is 22.7. The number of nitrogens with one attached hydrogen (secondary N) is 2. The smallest absolute Gasteiger partial charge is 0.248 e. The number of amides is 2. The molecule has 0 spiro atoms. The van der Waals surface area contributed by atoms with Crippen molar-refractivity contribution in [3.63, 3.8) is 0 Å². The van der Waals surface area contributed by atoms with Crippen LogP contribution in [0.25, 0.3) is 6.08 Å². The van der Waals surface area contributed by atoms with Crippen molar-refractivity contribution in [1.82, 2.24) is 0 Å². The molecule has 0 aliphatic carbocycles. The quantitative estimate of drug-likeness (QED) is 0.828. The SMILES string of the molecule is CC(=O)Nc1ccc(NC(=O)/C=C/c2ccc(F)c(Cl)c2)cc1. The van der Waals surface area contributed by atoms with E-state index in [9.17, 15) is 14.0 Å². The molecular weight excluding hydrogens is 319 g/mol. The largest absolute Gasteiger partial charge is 0.326 e. The summed E-state index contributed by atoms with van der Waals surface area (Å²) >= 11 is 5.67. The summed E-state index contributed by atoms with van der Waals surface area (Å²) in [5, 5.41) is 5.31. The van der Waals surface area contributed by atoms with Gasteiger partial charge in [0.2, 0.25) is 11.8 Å². The summed E-state index contributed by atoms with van der Waals surface area (Å²) in [6.45, 7) is 1.42. The standard InChI is InChI=1S/C17H14ClFN2O2/c1-11(22)20-13-4-6-14(7-5-13)21-17(23)9-3-12-2-8-16(19)15(18)10-12/h2-10H,1H3,(H,20,22)(H,21,23)/b9-3+. The summed E-state index contributed by atoms with van der Waals surface area (Å²) in [6.07, 6.45) is 2.86. The Bertz CT molecular complexity index is 758. The third-order valence-electron chi connectivity index (χ3n) is 2.84. The number of halogens is 2. The molecule has 0 unspecified atom stereocenters. The number of hydrogen-bond donors (Lipinski definition) is 2. The van der Waals surface area contributed by atoms with E-state index in [2.05, 4.69) is 10.6 Å². The molecule has 4 nitrogen and oxygen atoms in total. The van der Waals surface area contributed by atoms with Crippen molar-refractivity contribution in [3.05, 3.63) is 64.9 Å². The van der Waals surface area contributed by atoms with Gasteiger partial charge in [-0.2, -0.15) is 0 Å². The summed E-state index contributed by atoms with van der Waals surface area (Å²) in [6, 6.07) is 10.9. The molecule has 23 heavy (non-hydrogen) atoms. The number of hydrogen-bond acceptors (Lipinski definition) is 2. The Morgan fingerprint density at radius 1 is 1.04 bits per heavy atom. The molecule has 6 heteroatoms. The molecule has 2 amide bonds. The van der Waals surface area contributed by atoms with E-state index >= 15 is 0 Å². The zero-order chi connectivity index (χ0) is 16.8.